The minimum Gasteiger partial charge on any atom is -0.345 e. The first-order valence-electron chi connectivity index (χ1n) is 7.44. The van der Waals surface area contributed by atoms with Crippen LogP contribution in [0.15, 0.2) is 46.6 Å². The second-order valence-corrected chi connectivity index (χ2v) is 7.59. The van der Waals surface area contributed by atoms with E-state index in [-0.39, 0.29) is 16.9 Å². The van der Waals surface area contributed by atoms with Gasteiger partial charge in [0, 0.05) is 11.1 Å². The lowest BCUT2D eigenvalue weighted by atomic mass is 10.1. The Morgan fingerprint density at radius 2 is 2.08 bits per heavy atom. The summed E-state index contributed by atoms with van der Waals surface area (Å²) in [6.45, 7) is 0. The Hall–Kier alpha value is -3.25. The van der Waals surface area contributed by atoms with Gasteiger partial charge >= 0.3 is 0 Å². The fourth-order valence-electron chi connectivity index (χ4n) is 2.51. The van der Waals surface area contributed by atoms with E-state index in [0.29, 0.717) is 11.3 Å². The SMILES string of the molecule is N#Cc1cc(-c2ccc(C(=O)N[C@@H]3C=CS(=O)(=O)C3)c(=O)[nH]2)ccc1F. The molecular formula is C17H12FN3O4S. The summed E-state index contributed by atoms with van der Waals surface area (Å²) in [7, 11) is -3.32. The van der Waals surface area contributed by atoms with E-state index < -0.39 is 33.2 Å². The third-order valence-corrected chi connectivity index (χ3v) is 5.19. The number of carbonyl (C=O) groups is 1. The number of nitriles is 1. The van der Waals surface area contributed by atoms with Gasteiger partial charge in [0.1, 0.15) is 17.4 Å². The van der Waals surface area contributed by atoms with Crippen LogP contribution >= 0.6 is 0 Å². The van der Waals surface area contributed by atoms with E-state index in [1.807, 2.05) is 0 Å². The smallest absolute Gasteiger partial charge is 0.261 e. The van der Waals surface area contributed by atoms with Crippen LogP contribution in [-0.2, 0) is 9.84 Å². The summed E-state index contributed by atoms with van der Waals surface area (Å²) in [4.78, 5) is 26.9. The molecule has 0 aliphatic carbocycles. The van der Waals surface area contributed by atoms with Gasteiger partial charge in [-0.2, -0.15) is 5.26 Å². The Balaban J connectivity index is 1.84. The van der Waals surface area contributed by atoms with Crippen LogP contribution in [0.5, 0.6) is 0 Å². The van der Waals surface area contributed by atoms with Gasteiger partial charge in [-0.3, -0.25) is 9.59 Å². The van der Waals surface area contributed by atoms with Gasteiger partial charge in [0.2, 0.25) is 0 Å². The van der Waals surface area contributed by atoms with Crippen molar-refractivity contribution < 1.29 is 17.6 Å². The average Bonchev–Trinajstić information content (AvgIpc) is 2.93. The van der Waals surface area contributed by atoms with Gasteiger partial charge in [0.05, 0.1) is 17.4 Å². The number of hydrogen-bond acceptors (Lipinski definition) is 5. The van der Waals surface area contributed by atoms with Crippen molar-refractivity contribution in [2.75, 3.05) is 5.75 Å². The topological polar surface area (TPSA) is 120 Å². The van der Waals surface area contributed by atoms with Crippen LogP contribution < -0.4 is 10.9 Å². The molecule has 9 heteroatoms. The molecule has 1 aliphatic heterocycles. The van der Waals surface area contributed by atoms with Crippen molar-refractivity contribution in [3.8, 4) is 17.3 Å². The van der Waals surface area contributed by atoms with E-state index in [1.54, 1.807) is 6.07 Å². The van der Waals surface area contributed by atoms with E-state index in [9.17, 15) is 22.4 Å². The molecule has 7 nitrogen and oxygen atoms in total. The fraction of sp³-hybridized carbons (Fsp3) is 0.118. The summed E-state index contributed by atoms with van der Waals surface area (Å²) in [5, 5.41) is 12.4. The van der Waals surface area contributed by atoms with E-state index in [2.05, 4.69) is 10.3 Å². The highest BCUT2D eigenvalue weighted by molar-refractivity contribution is 7.94. The fourth-order valence-corrected chi connectivity index (χ4v) is 3.75. The zero-order chi connectivity index (χ0) is 18.9. The summed E-state index contributed by atoms with van der Waals surface area (Å²) in [6.07, 6.45) is 1.34. The summed E-state index contributed by atoms with van der Waals surface area (Å²) >= 11 is 0. The van der Waals surface area contributed by atoms with Gasteiger partial charge in [-0.05, 0) is 42.0 Å². The maximum atomic E-state index is 13.4. The van der Waals surface area contributed by atoms with Crippen LogP contribution in [0, 0.1) is 17.1 Å². The maximum absolute atomic E-state index is 13.4. The molecule has 0 saturated heterocycles. The van der Waals surface area contributed by atoms with E-state index in [1.165, 1.54) is 30.3 Å². The van der Waals surface area contributed by atoms with Crippen molar-refractivity contribution in [3.05, 3.63) is 69.1 Å². The molecule has 0 spiro atoms. The molecule has 26 heavy (non-hydrogen) atoms. The first-order valence-corrected chi connectivity index (χ1v) is 9.16. The van der Waals surface area contributed by atoms with E-state index in [4.69, 9.17) is 5.26 Å². The van der Waals surface area contributed by atoms with Crippen LogP contribution in [0.2, 0.25) is 0 Å². The zero-order valence-corrected chi connectivity index (χ0v) is 14.0. The number of aromatic nitrogens is 1. The van der Waals surface area contributed by atoms with Gasteiger partial charge in [0.15, 0.2) is 9.84 Å². The molecule has 0 fully saturated rings. The molecule has 1 amide bonds. The first kappa shape index (κ1) is 17.6. The minimum absolute atomic E-state index is 0.167. The number of pyridine rings is 1. The van der Waals surface area contributed by atoms with Crippen molar-refractivity contribution in [2.45, 2.75) is 6.04 Å². The number of benzene rings is 1. The molecule has 2 N–H and O–H groups in total. The monoisotopic (exact) mass is 373 g/mol. The molecule has 1 atom stereocenters. The summed E-state index contributed by atoms with van der Waals surface area (Å²) in [6, 6.07) is 7.55. The molecule has 1 aliphatic rings. The Kier molecular flexibility index (Phi) is 4.44. The predicted molar refractivity (Wildman–Crippen MR) is 91.4 cm³/mol. The number of H-pyrrole nitrogens is 1. The first-order chi connectivity index (χ1) is 12.3. The van der Waals surface area contributed by atoms with Crippen molar-refractivity contribution in [2.24, 2.45) is 0 Å². The largest absolute Gasteiger partial charge is 0.345 e. The zero-order valence-electron chi connectivity index (χ0n) is 13.2. The van der Waals surface area contributed by atoms with Crippen LogP contribution in [0.4, 0.5) is 4.39 Å². The molecule has 0 unspecified atom stereocenters. The molecule has 0 saturated carbocycles. The Labute approximate surface area is 147 Å². The lowest BCUT2D eigenvalue weighted by Gasteiger charge is -2.10. The molecule has 1 aromatic heterocycles. The second-order valence-electron chi connectivity index (χ2n) is 5.66. The van der Waals surface area contributed by atoms with E-state index >= 15 is 0 Å². The molecular weight excluding hydrogens is 361 g/mol. The van der Waals surface area contributed by atoms with Gasteiger partial charge in [-0.25, -0.2) is 12.8 Å². The molecule has 132 valence electrons. The highest BCUT2D eigenvalue weighted by atomic mass is 32.2. The van der Waals surface area contributed by atoms with Crippen LogP contribution in [0.3, 0.4) is 0 Å². The van der Waals surface area contributed by atoms with Gasteiger partial charge in [-0.1, -0.05) is 0 Å². The molecule has 1 aromatic carbocycles. The maximum Gasteiger partial charge on any atom is 0.261 e. The van der Waals surface area contributed by atoms with Crippen LogP contribution in [0.1, 0.15) is 15.9 Å². The van der Waals surface area contributed by atoms with Crippen LogP contribution in [0.25, 0.3) is 11.3 Å². The van der Waals surface area contributed by atoms with Crippen LogP contribution in [-0.4, -0.2) is 31.1 Å². The van der Waals surface area contributed by atoms with Crippen molar-refractivity contribution in [1.29, 1.82) is 5.26 Å². The molecule has 2 heterocycles. The average molecular weight is 373 g/mol. The van der Waals surface area contributed by atoms with Gasteiger partial charge in [-0.15, -0.1) is 0 Å². The third-order valence-electron chi connectivity index (χ3n) is 3.80. The Bertz CT molecular complexity index is 1130. The number of amides is 1. The number of nitrogens with one attached hydrogen (secondary N) is 2. The number of nitrogens with zero attached hydrogens (tertiary/aromatic N) is 1. The number of halogens is 1. The van der Waals surface area contributed by atoms with Gasteiger partial charge < -0.3 is 10.3 Å². The van der Waals surface area contributed by atoms with Crippen molar-refractivity contribution >= 4 is 15.7 Å². The number of hydrogen-bond donors (Lipinski definition) is 2. The molecule has 0 radical (unpaired) electrons. The van der Waals surface area contributed by atoms with Gasteiger partial charge in [0.25, 0.3) is 11.5 Å². The minimum atomic E-state index is -3.32. The second kappa shape index (κ2) is 6.57. The number of carbonyl (C=O) groups excluding carboxylic acids is 1. The number of rotatable bonds is 3. The molecule has 2 aromatic rings. The van der Waals surface area contributed by atoms with Crippen molar-refractivity contribution in [1.82, 2.24) is 10.3 Å². The standard InChI is InChI=1S/C17H12FN3O4S/c18-14-3-1-10(7-11(14)8-19)15-4-2-13(17(23)21-15)16(22)20-12-5-6-26(24,25)9-12/h1-7,12H,9H2,(H,20,22)(H,21,23)/t12-/m1/s1. The number of sulfone groups is 1. The Morgan fingerprint density at radius 1 is 1.31 bits per heavy atom. The number of aromatic amines is 1. The highest BCUT2D eigenvalue weighted by Crippen LogP contribution is 2.19. The lowest BCUT2D eigenvalue weighted by molar-refractivity contribution is 0.0946. The summed E-state index contributed by atoms with van der Waals surface area (Å²) in [5.74, 6) is -1.63. The molecule has 3 rings (SSSR count). The van der Waals surface area contributed by atoms with E-state index in [0.717, 1.165) is 11.5 Å². The lowest BCUT2D eigenvalue weighted by Crippen LogP contribution is -2.38. The molecule has 0 bridgehead atoms. The summed E-state index contributed by atoms with van der Waals surface area (Å²) in [5.41, 5.74) is -0.315. The quantitative estimate of drug-likeness (QED) is 0.835. The van der Waals surface area contributed by atoms with Crippen molar-refractivity contribution in [3.63, 3.8) is 0 Å². The third kappa shape index (κ3) is 3.55. The highest BCUT2D eigenvalue weighted by Gasteiger charge is 2.24. The summed E-state index contributed by atoms with van der Waals surface area (Å²) < 4.78 is 36.1. The Morgan fingerprint density at radius 3 is 2.69 bits per heavy atom. The predicted octanol–water partition coefficient (Wildman–Crippen LogP) is 1.09. The normalized spacial score (nSPS) is 17.6.